The van der Waals surface area contributed by atoms with Crippen molar-refractivity contribution in [3.05, 3.63) is 58.7 Å². The van der Waals surface area contributed by atoms with Gasteiger partial charge in [-0.25, -0.2) is 4.79 Å². The number of carbonyl (C=O) groups excluding carboxylic acids is 1. The molecular weight excluding hydrogens is 451 g/mol. The zero-order chi connectivity index (χ0) is 24.7. The highest BCUT2D eigenvalue weighted by molar-refractivity contribution is 6.08. The first-order chi connectivity index (χ1) is 16.1. The third-order valence-electron chi connectivity index (χ3n) is 6.63. The topological polar surface area (TPSA) is 93.9 Å². The lowest BCUT2D eigenvalue weighted by molar-refractivity contribution is -0.138. The highest BCUT2D eigenvalue weighted by Gasteiger charge is 2.51. The van der Waals surface area contributed by atoms with Gasteiger partial charge in [-0.3, -0.25) is 9.69 Å². The van der Waals surface area contributed by atoms with Crippen LogP contribution in [0.25, 0.3) is 0 Å². The lowest BCUT2D eigenvalue weighted by atomic mass is 9.73. The third kappa shape index (κ3) is 4.07. The molecule has 7 nitrogen and oxygen atoms in total. The largest absolute Gasteiger partial charge is 0.492 e. The van der Waals surface area contributed by atoms with Crippen molar-refractivity contribution in [3.63, 3.8) is 0 Å². The fraction of sp³-hybridized carbons (Fsp3) is 0.375. The summed E-state index contributed by atoms with van der Waals surface area (Å²) >= 11 is 0. The van der Waals surface area contributed by atoms with Gasteiger partial charge in [-0.2, -0.15) is 18.4 Å². The van der Waals surface area contributed by atoms with Crippen LogP contribution in [-0.4, -0.2) is 55.2 Å². The quantitative estimate of drug-likeness (QED) is 0.713. The minimum atomic E-state index is -4.81. The number of nitriles is 1. The Labute approximate surface area is 193 Å². The van der Waals surface area contributed by atoms with Crippen molar-refractivity contribution in [2.75, 3.05) is 38.2 Å². The summed E-state index contributed by atoms with van der Waals surface area (Å²) < 4.78 is 45.0. The van der Waals surface area contributed by atoms with Crippen molar-refractivity contribution in [1.29, 1.82) is 5.26 Å². The zero-order valence-corrected chi connectivity index (χ0v) is 18.4. The van der Waals surface area contributed by atoms with Gasteiger partial charge in [0.1, 0.15) is 12.4 Å². The van der Waals surface area contributed by atoms with Crippen LogP contribution in [0.15, 0.2) is 36.4 Å². The Balaban J connectivity index is 1.40. The maximum Gasteiger partial charge on any atom is 0.417 e. The van der Waals surface area contributed by atoms with E-state index in [0.29, 0.717) is 44.1 Å². The fourth-order valence-corrected chi connectivity index (χ4v) is 4.80. The summed E-state index contributed by atoms with van der Waals surface area (Å²) in [7, 11) is 1.73. The van der Waals surface area contributed by atoms with Crippen molar-refractivity contribution >= 4 is 17.6 Å². The normalized spacial score (nSPS) is 17.5. The summed E-state index contributed by atoms with van der Waals surface area (Å²) in [6.07, 6.45) is -3.69. The number of carbonyl (C=O) groups is 2. The van der Waals surface area contributed by atoms with Gasteiger partial charge in [0.15, 0.2) is 0 Å². The van der Waals surface area contributed by atoms with Gasteiger partial charge in [-0.05, 0) is 67.9 Å². The van der Waals surface area contributed by atoms with Crippen LogP contribution in [0.3, 0.4) is 0 Å². The monoisotopic (exact) mass is 473 g/mol. The number of hydrogen-bond acceptors (Lipinski definition) is 5. The number of piperidine rings is 1. The number of likely N-dealkylation sites (tertiary alicyclic amines) is 1. The number of rotatable bonds is 5. The summed E-state index contributed by atoms with van der Waals surface area (Å²) in [6, 6.07) is 10.2. The van der Waals surface area contributed by atoms with Crippen molar-refractivity contribution < 1.29 is 32.6 Å². The highest BCUT2D eigenvalue weighted by atomic mass is 19.4. The summed E-state index contributed by atoms with van der Waals surface area (Å²) in [4.78, 5) is 27.9. The maximum absolute atomic E-state index is 13.2. The molecule has 0 saturated carbocycles. The number of ether oxygens (including phenoxy) is 1. The molecule has 10 heteroatoms. The van der Waals surface area contributed by atoms with Crippen molar-refractivity contribution in [1.82, 2.24) is 4.90 Å². The van der Waals surface area contributed by atoms with Gasteiger partial charge in [0.2, 0.25) is 5.91 Å². The van der Waals surface area contributed by atoms with Crippen LogP contribution >= 0.6 is 0 Å². The van der Waals surface area contributed by atoms with Gasteiger partial charge >= 0.3 is 12.1 Å². The Morgan fingerprint density at radius 3 is 2.53 bits per heavy atom. The predicted molar refractivity (Wildman–Crippen MR) is 116 cm³/mol. The molecule has 0 bridgehead atoms. The molecule has 0 aromatic heterocycles. The Morgan fingerprint density at radius 1 is 1.21 bits per heavy atom. The molecule has 34 heavy (non-hydrogen) atoms. The zero-order valence-electron chi connectivity index (χ0n) is 18.4. The molecule has 2 aliphatic rings. The lowest BCUT2D eigenvalue weighted by Crippen LogP contribution is -2.48. The highest BCUT2D eigenvalue weighted by Crippen LogP contribution is 2.47. The molecule has 1 spiro atoms. The Bertz CT molecular complexity index is 1180. The molecule has 1 N–H and O–H groups in total. The van der Waals surface area contributed by atoms with Crippen LogP contribution in [0.1, 0.15) is 39.9 Å². The number of halogens is 3. The fourth-order valence-electron chi connectivity index (χ4n) is 4.80. The standard InChI is InChI=1S/C24H22F3N3O4/c1-29-20-5-2-15(14-28)12-19(20)23(22(29)33)6-8-30(9-7-23)10-11-34-16-3-4-17(21(31)32)18(13-16)24(25,26)27/h2-5,12-13H,6-11H2,1H3,(H,31,32). The lowest BCUT2D eigenvalue weighted by Gasteiger charge is -2.38. The van der Waals surface area contributed by atoms with E-state index in [1.165, 1.54) is 6.07 Å². The van der Waals surface area contributed by atoms with Crippen molar-refractivity contribution in [3.8, 4) is 11.8 Å². The van der Waals surface area contributed by atoms with E-state index in [9.17, 15) is 28.0 Å². The molecule has 1 fully saturated rings. The van der Waals surface area contributed by atoms with E-state index in [1.807, 2.05) is 0 Å². The van der Waals surface area contributed by atoms with E-state index in [-0.39, 0.29) is 18.3 Å². The van der Waals surface area contributed by atoms with Crippen molar-refractivity contribution in [2.45, 2.75) is 24.4 Å². The molecule has 1 saturated heterocycles. The van der Waals surface area contributed by atoms with E-state index in [1.54, 1.807) is 30.1 Å². The second-order valence-electron chi connectivity index (χ2n) is 8.49. The predicted octanol–water partition coefficient (Wildman–Crippen LogP) is 3.66. The van der Waals surface area contributed by atoms with Gasteiger partial charge in [-0.15, -0.1) is 0 Å². The number of likely N-dealkylation sites (N-methyl/N-ethyl adjacent to an activating group) is 1. The molecule has 2 aromatic rings. The van der Waals surface area contributed by atoms with E-state index in [2.05, 4.69) is 11.0 Å². The van der Waals surface area contributed by atoms with Crippen LogP contribution in [0.5, 0.6) is 5.75 Å². The first-order valence-corrected chi connectivity index (χ1v) is 10.7. The number of fused-ring (bicyclic) bond motifs is 2. The van der Waals surface area contributed by atoms with Crippen LogP contribution in [0.2, 0.25) is 0 Å². The maximum atomic E-state index is 13.2. The number of amides is 1. The number of carboxylic acids is 1. The van der Waals surface area contributed by atoms with E-state index in [0.717, 1.165) is 17.3 Å². The van der Waals surface area contributed by atoms with E-state index < -0.39 is 28.7 Å². The minimum Gasteiger partial charge on any atom is -0.492 e. The second kappa shape index (κ2) is 8.65. The van der Waals surface area contributed by atoms with Gasteiger partial charge in [0.25, 0.3) is 0 Å². The van der Waals surface area contributed by atoms with E-state index in [4.69, 9.17) is 9.84 Å². The summed E-state index contributed by atoms with van der Waals surface area (Å²) in [5, 5.41) is 18.3. The van der Waals surface area contributed by atoms with Gasteiger partial charge in [0.05, 0.1) is 28.2 Å². The molecular formula is C24H22F3N3O4. The molecule has 0 atom stereocenters. The number of hydrogen-bond donors (Lipinski definition) is 1. The number of carboxylic acid groups (broad SMARTS) is 1. The molecule has 1 amide bonds. The molecule has 2 aliphatic heterocycles. The summed E-state index contributed by atoms with van der Waals surface area (Å²) in [5.74, 6) is -1.71. The molecule has 4 rings (SSSR count). The Kier molecular flexibility index (Phi) is 6.00. The first kappa shape index (κ1) is 23.6. The van der Waals surface area contributed by atoms with Crippen LogP contribution in [0, 0.1) is 11.3 Å². The van der Waals surface area contributed by atoms with E-state index >= 15 is 0 Å². The van der Waals surface area contributed by atoms with Gasteiger partial charge < -0.3 is 14.7 Å². The SMILES string of the molecule is CN1C(=O)C2(CCN(CCOc3ccc(C(=O)O)c(C(F)(F)F)c3)CC2)c2cc(C#N)ccc21. The summed E-state index contributed by atoms with van der Waals surface area (Å²) in [5.41, 5.74) is -0.574. The Morgan fingerprint density at radius 2 is 1.91 bits per heavy atom. The average Bonchev–Trinajstić information content (AvgIpc) is 3.01. The number of benzene rings is 2. The average molecular weight is 473 g/mol. The van der Waals surface area contributed by atoms with Crippen LogP contribution < -0.4 is 9.64 Å². The minimum absolute atomic E-state index is 0.00619. The van der Waals surface area contributed by atoms with Crippen LogP contribution in [-0.2, 0) is 16.4 Å². The summed E-state index contributed by atoms with van der Waals surface area (Å²) in [6.45, 7) is 1.72. The van der Waals surface area contributed by atoms with Gasteiger partial charge in [-0.1, -0.05) is 0 Å². The molecule has 0 aliphatic carbocycles. The smallest absolute Gasteiger partial charge is 0.417 e. The number of alkyl halides is 3. The Hall–Kier alpha value is -3.58. The number of aromatic carboxylic acids is 1. The molecule has 0 radical (unpaired) electrons. The molecule has 2 heterocycles. The number of anilines is 1. The molecule has 2 aromatic carbocycles. The number of nitrogens with zero attached hydrogens (tertiary/aromatic N) is 3. The van der Waals surface area contributed by atoms with Crippen LogP contribution in [0.4, 0.5) is 18.9 Å². The van der Waals surface area contributed by atoms with Gasteiger partial charge in [0, 0.05) is 19.3 Å². The molecule has 0 unspecified atom stereocenters. The second-order valence-corrected chi connectivity index (χ2v) is 8.49. The van der Waals surface area contributed by atoms with Crippen molar-refractivity contribution in [2.24, 2.45) is 0 Å². The molecule has 178 valence electrons. The third-order valence-corrected chi connectivity index (χ3v) is 6.63. The first-order valence-electron chi connectivity index (χ1n) is 10.7.